The number of pyridine rings is 1. The van der Waals surface area contributed by atoms with Crippen LogP contribution in [0.3, 0.4) is 0 Å². The zero-order valence-electron chi connectivity index (χ0n) is 8.37. The zero-order chi connectivity index (χ0) is 10.7. The number of thioether (sulfide) groups is 1. The van der Waals surface area contributed by atoms with Crippen molar-refractivity contribution in [1.82, 2.24) is 4.98 Å². The standard InChI is InChI=1S/C10H14BrN3S/c11-8-5-13-6-9(12)10(8)14-7-1-3-15-4-2-7/h5-7H,1-4,12H2,(H,13,14). The van der Waals surface area contributed by atoms with Crippen LogP contribution in [0.25, 0.3) is 0 Å². The zero-order valence-corrected chi connectivity index (χ0v) is 10.8. The fraction of sp³-hybridized carbons (Fsp3) is 0.500. The van der Waals surface area contributed by atoms with Crippen molar-refractivity contribution in [3.8, 4) is 0 Å². The Labute approximate surface area is 102 Å². The van der Waals surface area contributed by atoms with Crippen molar-refractivity contribution in [2.24, 2.45) is 0 Å². The van der Waals surface area contributed by atoms with Crippen molar-refractivity contribution in [3.05, 3.63) is 16.9 Å². The number of aromatic nitrogens is 1. The number of nitrogen functional groups attached to an aromatic ring is 1. The highest BCUT2D eigenvalue weighted by Gasteiger charge is 2.15. The van der Waals surface area contributed by atoms with E-state index in [9.17, 15) is 0 Å². The SMILES string of the molecule is Nc1cncc(Br)c1NC1CCSCC1. The van der Waals surface area contributed by atoms with E-state index in [1.54, 1.807) is 12.4 Å². The summed E-state index contributed by atoms with van der Waals surface area (Å²) in [6.07, 6.45) is 5.87. The van der Waals surface area contributed by atoms with Gasteiger partial charge in [-0.15, -0.1) is 0 Å². The lowest BCUT2D eigenvalue weighted by atomic mass is 10.1. The Bertz CT molecular complexity index is 319. The van der Waals surface area contributed by atoms with E-state index in [2.05, 4.69) is 26.2 Å². The molecule has 3 nitrogen and oxygen atoms in total. The minimum atomic E-state index is 0.548. The van der Waals surface area contributed by atoms with Crippen LogP contribution >= 0.6 is 27.7 Å². The van der Waals surface area contributed by atoms with E-state index in [1.165, 1.54) is 24.3 Å². The van der Waals surface area contributed by atoms with E-state index in [-0.39, 0.29) is 0 Å². The number of hydrogen-bond acceptors (Lipinski definition) is 4. The Morgan fingerprint density at radius 1 is 1.40 bits per heavy atom. The molecular weight excluding hydrogens is 274 g/mol. The summed E-state index contributed by atoms with van der Waals surface area (Å²) in [6, 6.07) is 0.548. The lowest BCUT2D eigenvalue weighted by molar-refractivity contribution is 0.666. The summed E-state index contributed by atoms with van der Waals surface area (Å²) < 4.78 is 0.945. The molecule has 1 aliphatic heterocycles. The van der Waals surface area contributed by atoms with E-state index in [1.807, 2.05) is 11.8 Å². The Hall–Kier alpha value is -0.420. The first kappa shape index (κ1) is 11.1. The van der Waals surface area contributed by atoms with Crippen LogP contribution in [0.1, 0.15) is 12.8 Å². The summed E-state index contributed by atoms with van der Waals surface area (Å²) >= 11 is 5.49. The third-order valence-corrected chi connectivity index (χ3v) is 4.15. The molecule has 15 heavy (non-hydrogen) atoms. The van der Waals surface area contributed by atoms with Crippen LogP contribution in [-0.4, -0.2) is 22.5 Å². The van der Waals surface area contributed by atoms with Gasteiger partial charge in [0, 0.05) is 12.2 Å². The summed E-state index contributed by atoms with van der Waals surface area (Å²) in [4.78, 5) is 4.02. The predicted octanol–water partition coefficient (Wildman–Crippen LogP) is 2.73. The summed E-state index contributed by atoms with van der Waals surface area (Å²) in [6.45, 7) is 0. The third-order valence-electron chi connectivity index (χ3n) is 2.50. The van der Waals surface area contributed by atoms with Gasteiger partial charge in [0.2, 0.25) is 0 Å². The van der Waals surface area contributed by atoms with Crippen LogP contribution in [0, 0.1) is 0 Å². The highest BCUT2D eigenvalue weighted by atomic mass is 79.9. The van der Waals surface area contributed by atoms with Crippen molar-refractivity contribution in [2.75, 3.05) is 22.6 Å². The van der Waals surface area contributed by atoms with Crippen LogP contribution in [0.4, 0.5) is 11.4 Å². The smallest absolute Gasteiger partial charge is 0.0752 e. The molecule has 3 N–H and O–H groups in total. The molecule has 2 heterocycles. The number of rotatable bonds is 2. The van der Waals surface area contributed by atoms with Gasteiger partial charge in [-0.05, 0) is 40.3 Å². The number of hydrogen-bond donors (Lipinski definition) is 2. The maximum absolute atomic E-state index is 5.88. The molecule has 0 spiro atoms. The topological polar surface area (TPSA) is 50.9 Å². The van der Waals surface area contributed by atoms with Gasteiger partial charge >= 0.3 is 0 Å². The second-order valence-corrected chi connectivity index (χ2v) is 5.70. The van der Waals surface area contributed by atoms with Gasteiger partial charge in [0.25, 0.3) is 0 Å². The average Bonchev–Trinajstić information content (AvgIpc) is 2.25. The summed E-state index contributed by atoms with van der Waals surface area (Å²) in [7, 11) is 0. The molecule has 2 rings (SSSR count). The molecule has 1 aliphatic rings. The van der Waals surface area contributed by atoms with Gasteiger partial charge in [-0.1, -0.05) is 0 Å². The monoisotopic (exact) mass is 287 g/mol. The van der Waals surface area contributed by atoms with Crippen LogP contribution < -0.4 is 11.1 Å². The molecule has 0 aromatic carbocycles. The van der Waals surface area contributed by atoms with Crippen LogP contribution in [0.2, 0.25) is 0 Å². The Kier molecular flexibility index (Phi) is 3.75. The minimum absolute atomic E-state index is 0.548. The van der Waals surface area contributed by atoms with Gasteiger partial charge in [0.15, 0.2) is 0 Å². The third kappa shape index (κ3) is 2.78. The predicted molar refractivity (Wildman–Crippen MR) is 70.3 cm³/mol. The number of nitrogens with one attached hydrogen (secondary N) is 1. The van der Waals surface area contributed by atoms with E-state index in [0.29, 0.717) is 11.7 Å². The molecule has 0 atom stereocenters. The molecule has 5 heteroatoms. The van der Waals surface area contributed by atoms with Crippen molar-refractivity contribution in [3.63, 3.8) is 0 Å². The molecule has 0 aliphatic carbocycles. The first-order valence-corrected chi connectivity index (χ1v) is 6.95. The highest BCUT2D eigenvalue weighted by molar-refractivity contribution is 9.10. The molecule has 0 saturated carbocycles. The van der Waals surface area contributed by atoms with Crippen molar-refractivity contribution in [2.45, 2.75) is 18.9 Å². The van der Waals surface area contributed by atoms with E-state index in [0.717, 1.165) is 10.2 Å². The lowest BCUT2D eigenvalue weighted by Crippen LogP contribution is -2.25. The van der Waals surface area contributed by atoms with Crippen molar-refractivity contribution >= 4 is 39.1 Å². The summed E-state index contributed by atoms with van der Waals surface area (Å²) in [5.74, 6) is 2.47. The minimum Gasteiger partial charge on any atom is -0.396 e. The highest BCUT2D eigenvalue weighted by Crippen LogP contribution is 2.30. The molecule has 1 aromatic heterocycles. The Morgan fingerprint density at radius 3 is 2.80 bits per heavy atom. The number of nitrogens with two attached hydrogens (primary N) is 1. The van der Waals surface area contributed by atoms with Crippen molar-refractivity contribution < 1.29 is 0 Å². The summed E-state index contributed by atoms with van der Waals surface area (Å²) in [5, 5.41) is 3.49. The van der Waals surface area contributed by atoms with E-state index < -0.39 is 0 Å². The van der Waals surface area contributed by atoms with Gasteiger partial charge in [0.05, 0.1) is 22.0 Å². The molecule has 1 saturated heterocycles. The number of anilines is 2. The second kappa shape index (κ2) is 5.07. The maximum Gasteiger partial charge on any atom is 0.0752 e. The molecule has 0 bridgehead atoms. The molecule has 82 valence electrons. The maximum atomic E-state index is 5.88. The fourth-order valence-corrected chi connectivity index (χ4v) is 3.22. The molecule has 0 amide bonds. The lowest BCUT2D eigenvalue weighted by Gasteiger charge is -2.24. The van der Waals surface area contributed by atoms with Crippen LogP contribution in [-0.2, 0) is 0 Å². The molecule has 0 unspecified atom stereocenters. The second-order valence-electron chi connectivity index (χ2n) is 3.62. The molecule has 0 radical (unpaired) electrons. The van der Waals surface area contributed by atoms with Crippen LogP contribution in [0.5, 0.6) is 0 Å². The normalized spacial score (nSPS) is 17.7. The van der Waals surface area contributed by atoms with Gasteiger partial charge in [-0.25, -0.2) is 0 Å². The number of nitrogens with zero attached hydrogens (tertiary/aromatic N) is 1. The van der Waals surface area contributed by atoms with Crippen LogP contribution in [0.15, 0.2) is 16.9 Å². The molecule has 1 fully saturated rings. The quantitative estimate of drug-likeness (QED) is 0.878. The Morgan fingerprint density at radius 2 is 2.13 bits per heavy atom. The van der Waals surface area contributed by atoms with Crippen molar-refractivity contribution in [1.29, 1.82) is 0 Å². The van der Waals surface area contributed by atoms with Gasteiger partial charge in [0.1, 0.15) is 0 Å². The first-order chi connectivity index (χ1) is 7.27. The Balaban J connectivity index is 2.09. The van der Waals surface area contributed by atoms with Gasteiger partial charge in [-0.2, -0.15) is 11.8 Å². The largest absolute Gasteiger partial charge is 0.396 e. The van der Waals surface area contributed by atoms with Gasteiger partial charge in [-0.3, -0.25) is 4.98 Å². The average molecular weight is 288 g/mol. The van der Waals surface area contributed by atoms with Gasteiger partial charge < -0.3 is 11.1 Å². The summed E-state index contributed by atoms with van der Waals surface area (Å²) in [5.41, 5.74) is 7.58. The molecule has 1 aromatic rings. The molecular formula is C10H14BrN3S. The fourth-order valence-electron chi connectivity index (χ4n) is 1.65. The number of halogens is 1. The first-order valence-electron chi connectivity index (χ1n) is 5.00. The van der Waals surface area contributed by atoms with E-state index in [4.69, 9.17) is 5.73 Å². The van der Waals surface area contributed by atoms with E-state index >= 15 is 0 Å².